The third-order valence-electron chi connectivity index (χ3n) is 6.54. The van der Waals surface area contributed by atoms with Gasteiger partial charge in [0.2, 0.25) is 0 Å². The largest absolute Gasteiger partial charge is 0.508 e. The van der Waals surface area contributed by atoms with Crippen molar-refractivity contribution in [3.05, 3.63) is 107 Å². The van der Waals surface area contributed by atoms with Crippen molar-refractivity contribution in [3.8, 4) is 34.5 Å². The first kappa shape index (κ1) is 22.2. The lowest BCUT2D eigenvalue weighted by molar-refractivity contribution is 0.0949. The van der Waals surface area contributed by atoms with Gasteiger partial charge < -0.3 is 30.6 Å². The Kier molecular flexibility index (Phi) is 5.25. The average Bonchev–Trinajstić information content (AvgIpc) is 3.14. The van der Waals surface area contributed by atoms with E-state index in [4.69, 9.17) is 0 Å². The number of phenolic OH excluding ortho intramolecular Hbond substituents is 6. The number of Topliss-reactive ketones (excluding diaryl/α,β-unsaturated/α-hetero) is 1. The van der Waals surface area contributed by atoms with Crippen molar-refractivity contribution < 1.29 is 35.4 Å². The van der Waals surface area contributed by atoms with E-state index in [0.29, 0.717) is 27.8 Å². The van der Waals surface area contributed by atoms with Gasteiger partial charge in [0, 0.05) is 35.1 Å². The van der Waals surface area contributed by atoms with Gasteiger partial charge >= 0.3 is 0 Å². The second-order valence-electron chi connectivity index (χ2n) is 8.73. The molecule has 0 radical (unpaired) electrons. The Morgan fingerprint density at radius 2 is 1.11 bits per heavy atom. The molecule has 6 N–H and O–H groups in total. The van der Waals surface area contributed by atoms with Crippen LogP contribution in [0.4, 0.5) is 0 Å². The molecule has 0 amide bonds. The van der Waals surface area contributed by atoms with E-state index in [-0.39, 0.29) is 40.3 Å². The first-order valence-corrected chi connectivity index (χ1v) is 10.9. The number of rotatable bonds is 4. The molecule has 176 valence electrons. The molecule has 0 saturated heterocycles. The van der Waals surface area contributed by atoms with Crippen LogP contribution < -0.4 is 0 Å². The summed E-state index contributed by atoms with van der Waals surface area (Å²) in [7, 11) is 0. The van der Waals surface area contributed by atoms with Crippen molar-refractivity contribution in [1.82, 2.24) is 0 Å². The van der Waals surface area contributed by atoms with Gasteiger partial charge in [-0.1, -0.05) is 12.1 Å². The minimum atomic E-state index is -0.869. The smallest absolute Gasteiger partial charge is 0.170 e. The van der Waals surface area contributed by atoms with E-state index >= 15 is 0 Å². The Labute approximate surface area is 200 Å². The van der Waals surface area contributed by atoms with Crippen molar-refractivity contribution >= 4 is 5.78 Å². The minimum Gasteiger partial charge on any atom is -0.508 e. The third-order valence-corrected chi connectivity index (χ3v) is 6.54. The van der Waals surface area contributed by atoms with Gasteiger partial charge in [-0.25, -0.2) is 0 Å². The van der Waals surface area contributed by atoms with Crippen molar-refractivity contribution in [2.24, 2.45) is 0 Å². The number of carbonyl (C=O) groups is 1. The van der Waals surface area contributed by atoms with Crippen LogP contribution in [-0.4, -0.2) is 36.4 Å². The van der Waals surface area contributed by atoms with Crippen molar-refractivity contribution in [1.29, 1.82) is 0 Å². The lowest BCUT2D eigenvalue weighted by atomic mass is 9.75. The molecule has 0 heterocycles. The Morgan fingerprint density at radius 3 is 1.71 bits per heavy atom. The molecule has 0 saturated carbocycles. The molecule has 0 fully saturated rings. The fourth-order valence-corrected chi connectivity index (χ4v) is 5.17. The summed E-state index contributed by atoms with van der Waals surface area (Å²) in [5.74, 6) is -3.24. The van der Waals surface area contributed by atoms with E-state index in [2.05, 4.69) is 0 Å². The number of phenols is 6. The molecule has 0 unspecified atom stereocenters. The predicted molar refractivity (Wildman–Crippen MR) is 127 cm³/mol. The highest BCUT2D eigenvalue weighted by Crippen LogP contribution is 2.59. The van der Waals surface area contributed by atoms with Gasteiger partial charge in [0.05, 0.1) is 5.92 Å². The van der Waals surface area contributed by atoms with E-state index in [1.807, 2.05) is 0 Å². The van der Waals surface area contributed by atoms with Crippen LogP contribution in [-0.2, 0) is 0 Å². The van der Waals surface area contributed by atoms with Crippen molar-refractivity contribution in [3.63, 3.8) is 0 Å². The lowest BCUT2D eigenvalue weighted by Crippen LogP contribution is -2.19. The zero-order chi connectivity index (χ0) is 24.9. The molecule has 7 nitrogen and oxygen atoms in total. The van der Waals surface area contributed by atoms with E-state index in [0.717, 1.165) is 0 Å². The molecule has 4 aromatic rings. The summed E-state index contributed by atoms with van der Waals surface area (Å²) in [6.45, 7) is 0. The second-order valence-corrected chi connectivity index (χ2v) is 8.73. The standard InChI is InChI=1S/C28H22O7/c29-17-5-1-14(2-6-17)24-25(16-9-19(31)11-20(32)10-16)26-22(12-21(33)13-23(26)34)27(24)28(35)15-3-7-18(30)8-4-15/h1-13,24-25,27,29-34H/t24-,25+,27+/m1/s1. The summed E-state index contributed by atoms with van der Waals surface area (Å²) >= 11 is 0. The number of hydrogen-bond donors (Lipinski definition) is 6. The fraction of sp³-hybridized carbons (Fsp3) is 0.107. The molecule has 0 aromatic heterocycles. The molecule has 7 heteroatoms. The van der Waals surface area contributed by atoms with Crippen LogP contribution in [0.5, 0.6) is 34.5 Å². The van der Waals surface area contributed by atoms with Crippen LogP contribution in [0.1, 0.15) is 50.4 Å². The van der Waals surface area contributed by atoms with Gasteiger partial charge in [-0.3, -0.25) is 4.79 Å². The van der Waals surface area contributed by atoms with Gasteiger partial charge in [-0.2, -0.15) is 0 Å². The van der Waals surface area contributed by atoms with Gasteiger partial charge in [0.15, 0.2) is 5.78 Å². The molecule has 4 aromatic carbocycles. The van der Waals surface area contributed by atoms with Crippen LogP contribution in [0, 0.1) is 0 Å². The summed E-state index contributed by atoms with van der Waals surface area (Å²) < 4.78 is 0. The maximum absolute atomic E-state index is 13.9. The number of hydrogen-bond acceptors (Lipinski definition) is 7. The van der Waals surface area contributed by atoms with Crippen molar-refractivity contribution in [2.45, 2.75) is 17.8 Å². The van der Waals surface area contributed by atoms with Gasteiger partial charge in [0.25, 0.3) is 0 Å². The van der Waals surface area contributed by atoms with Crippen LogP contribution in [0.3, 0.4) is 0 Å². The van der Waals surface area contributed by atoms with Crippen LogP contribution in [0.25, 0.3) is 0 Å². The number of benzene rings is 4. The van der Waals surface area contributed by atoms with E-state index in [1.54, 1.807) is 12.1 Å². The first-order valence-electron chi connectivity index (χ1n) is 10.9. The molecule has 5 rings (SSSR count). The molecule has 0 aliphatic heterocycles. The molecule has 1 aliphatic rings. The number of fused-ring (bicyclic) bond motifs is 1. The Morgan fingerprint density at radius 1 is 0.571 bits per heavy atom. The summed E-state index contributed by atoms with van der Waals surface area (Å²) in [4.78, 5) is 13.9. The zero-order valence-electron chi connectivity index (χ0n) is 18.3. The second kappa shape index (κ2) is 8.29. The Hall–Kier alpha value is -4.65. The maximum Gasteiger partial charge on any atom is 0.170 e. The Bertz CT molecular complexity index is 1410. The van der Waals surface area contributed by atoms with E-state index in [1.165, 1.54) is 66.7 Å². The number of aromatic hydroxyl groups is 6. The van der Waals surface area contributed by atoms with Gasteiger partial charge in [0.1, 0.15) is 34.5 Å². The quantitative estimate of drug-likeness (QED) is 0.235. The predicted octanol–water partition coefficient (Wildman–Crippen LogP) is 4.82. The van der Waals surface area contributed by atoms with E-state index < -0.39 is 17.8 Å². The lowest BCUT2D eigenvalue weighted by Gasteiger charge is -2.26. The highest BCUT2D eigenvalue weighted by Gasteiger charge is 2.48. The first-order chi connectivity index (χ1) is 16.7. The number of ketones is 1. The monoisotopic (exact) mass is 470 g/mol. The Balaban J connectivity index is 1.79. The minimum absolute atomic E-state index is 0.00635. The van der Waals surface area contributed by atoms with E-state index in [9.17, 15) is 35.4 Å². The number of carbonyl (C=O) groups excluding carboxylic acids is 1. The van der Waals surface area contributed by atoms with Crippen LogP contribution in [0.2, 0.25) is 0 Å². The van der Waals surface area contributed by atoms with Gasteiger partial charge in [-0.05, 0) is 71.3 Å². The summed E-state index contributed by atoms with van der Waals surface area (Å²) in [6.07, 6.45) is 0. The highest BCUT2D eigenvalue weighted by atomic mass is 16.3. The topological polar surface area (TPSA) is 138 Å². The maximum atomic E-state index is 13.9. The molecular weight excluding hydrogens is 448 g/mol. The van der Waals surface area contributed by atoms with Crippen LogP contribution >= 0.6 is 0 Å². The van der Waals surface area contributed by atoms with Crippen LogP contribution in [0.15, 0.2) is 78.9 Å². The molecule has 1 aliphatic carbocycles. The fourth-order valence-electron chi connectivity index (χ4n) is 5.17. The molecule has 0 bridgehead atoms. The molecule has 0 spiro atoms. The molecule has 35 heavy (non-hydrogen) atoms. The summed E-state index contributed by atoms with van der Waals surface area (Å²) in [5, 5.41) is 61.2. The summed E-state index contributed by atoms with van der Waals surface area (Å²) in [5.41, 5.74) is 2.26. The highest BCUT2D eigenvalue weighted by molar-refractivity contribution is 6.03. The van der Waals surface area contributed by atoms with Gasteiger partial charge in [-0.15, -0.1) is 0 Å². The molecule has 3 atom stereocenters. The average molecular weight is 470 g/mol. The summed E-state index contributed by atoms with van der Waals surface area (Å²) in [6, 6.07) is 18.9. The SMILES string of the molecule is O=C(c1ccc(O)cc1)[C@H]1c2cc(O)cc(O)c2[C@@H](c2cc(O)cc(O)c2)[C@H]1c1ccc(O)cc1. The normalized spacial score (nSPS) is 18.8. The van der Waals surface area contributed by atoms with Crippen molar-refractivity contribution in [2.75, 3.05) is 0 Å². The molecular formula is C28H22O7. The third kappa shape index (κ3) is 3.87. The zero-order valence-corrected chi connectivity index (χ0v) is 18.3.